The summed E-state index contributed by atoms with van der Waals surface area (Å²) in [6.45, 7) is 2.56. The molecule has 2 nitrogen and oxygen atoms in total. The lowest BCUT2D eigenvalue weighted by Crippen LogP contribution is -2.24. The Bertz CT molecular complexity index is 595. The number of aryl methyl sites for hydroxylation is 1. The van der Waals surface area contributed by atoms with Crippen molar-refractivity contribution in [3.63, 3.8) is 0 Å². The molecule has 2 aromatic rings. The van der Waals surface area contributed by atoms with Gasteiger partial charge in [0.25, 0.3) is 0 Å². The molecular formula is C17H18ClNO. The summed E-state index contributed by atoms with van der Waals surface area (Å²) in [4.78, 5) is 12.0. The van der Waals surface area contributed by atoms with Crippen molar-refractivity contribution in [2.75, 3.05) is 0 Å². The van der Waals surface area contributed by atoms with E-state index in [1.807, 2.05) is 55.5 Å². The van der Waals surface area contributed by atoms with Gasteiger partial charge in [-0.25, -0.2) is 0 Å². The maximum Gasteiger partial charge on any atom is 0.224 e. The monoisotopic (exact) mass is 287 g/mol. The molecule has 1 amide bonds. The normalized spacial score (nSPS) is 10.3. The van der Waals surface area contributed by atoms with Gasteiger partial charge in [0.1, 0.15) is 0 Å². The van der Waals surface area contributed by atoms with Crippen molar-refractivity contribution in [2.45, 2.75) is 25.8 Å². The number of amides is 1. The predicted molar refractivity (Wildman–Crippen MR) is 82.7 cm³/mol. The first-order chi connectivity index (χ1) is 9.69. The van der Waals surface area contributed by atoms with Gasteiger partial charge in [0.2, 0.25) is 5.91 Å². The summed E-state index contributed by atoms with van der Waals surface area (Å²) in [6.07, 6.45) is 0.419. The Kier molecular flexibility index (Phi) is 5.19. The number of alkyl halides is 1. The molecule has 0 radical (unpaired) electrons. The van der Waals surface area contributed by atoms with E-state index in [-0.39, 0.29) is 5.91 Å². The Morgan fingerprint density at radius 1 is 1.10 bits per heavy atom. The predicted octanol–water partition coefficient (Wildman–Crippen LogP) is 3.59. The Morgan fingerprint density at radius 2 is 1.85 bits per heavy atom. The van der Waals surface area contributed by atoms with Gasteiger partial charge >= 0.3 is 0 Å². The molecule has 0 aliphatic rings. The molecule has 0 fully saturated rings. The van der Waals surface area contributed by atoms with E-state index in [0.29, 0.717) is 18.8 Å². The SMILES string of the molecule is Cc1ccccc1CC(=O)NCc1cccc(CCl)c1. The van der Waals surface area contributed by atoms with E-state index in [1.165, 1.54) is 0 Å². The first kappa shape index (κ1) is 14.6. The zero-order valence-electron chi connectivity index (χ0n) is 11.5. The van der Waals surface area contributed by atoms with Crippen LogP contribution >= 0.6 is 11.6 Å². The maximum absolute atomic E-state index is 12.0. The van der Waals surface area contributed by atoms with Crippen LogP contribution in [0.2, 0.25) is 0 Å². The van der Waals surface area contributed by atoms with Gasteiger partial charge in [-0.2, -0.15) is 0 Å². The molecule has 0 aromatic heterocycles. The molecule has 0 aliphatic heterocycles. The van der Waals surface area contributed by atoms with Crippen molar-refractivity contribution in [3.05, 3.63) is 70.8 Å². The molecule has 0 saturated heterocycles. The van der Waals surface area contributed by atoms with Crippen LogP contribution in [0.1, 0.15) is 22.3 Å². The fourth-order valence-corrected chi connectivity index (χ4v) is 2.23. The standard InChI is InChI=1S/C17H18ClNO/c1-13-5-2-3-8-16(13)10-17(20)19-12-15-7-4-6-14(9-15)11-18/h2-9H,10-12H2,1H3,(H,19,20). The minimum absolute atomic E-state index is 0.0376. The highest BCUT2D eigenvalue weighted by molar-refractivity contribution is 6.17. The Morgan fingerprint density at radius 3 is 2.60 bits per heavy atom. The number of rotatable bonds is 5. The number of halogens is 1. The molecule has 0 atom stereocenters. The molecule has 0 spiro atoms. The van der Waals surface area contributed by atoms with Gasteiger partial charge in [-0.05, 0) is 29.2 Å². The molecule has 104 valence electrons. The van der Waals surface area contributed by atoms with Gasteiger partial charge in [-0.15, -0.1) is 11.6 Å². The molecule has 0 saturated carbocycles. The summed E-state index contributed by atoms with van der Waals surface area (Å²) in [6, 6.07) is 15.9. The van der Waals surface area contributed by atoms with Gasteiger partial charge in [0.05, 0.1) is 6.42 Å². The third kappa shape index (κ3) is 4.10. The summed E-state index contributed by atoms with van der Waals surface area (Å²) >= 11 is 5.80. The van der Waals surface area contributed by atoms with E-state index in [1.54, 1.807) is 0 Å². The van der Waals surface area contributed by atoms with Crippen LogP contribution in [-0.2, 0) is 23.6 Å². The van der Waals surface area contributed by atoms with E-state index in [9.17, 15) is 4.79 Å². The summed E-state index contributed by atoms with van der Waals surface area (Å²) < 4.78 is 0. The van der Waals surface area contributed by atoms with Crippen molar-refractivity contribution in [1.29, 1.82) is 0 Å². The third-order valence-electron chi connectivity index (χ3n) is 3.25. The number of hydrogen-bond acceptors (Lipinski definition) is 1. The molecule has 3 heteroatoms. The van der Waals surface area contributed by atoms with Crippen LogP contribution < -0.4 is 5.32 Å². The highest BCUT2D eigenvalue weighted by Gasteiger charge is 2.05. The lowest BCUT2D eigenvalue weighted by atomic mass is 10.1. The topological polar surface area (TPSA) is 29.1 Å². The zero-order chi connectivity index (χ0) is 14.4. The van der Waals surface area contributed by atoms with Gasteiger partial charge in [0.15, 0.2) is 0 Å². The highest BCUT2D eigenvalue weighted by Crippen LogP contribution is 2.09. The van der Waals surface area contributed by atoms with Crippen molar-refractivity contribution >= 4 is 17.5 Å². The lowest BCUT2D eigenvalue weighted by Gasteiger charge is -2.08. The van der Waals surface area contributed by atoms with Gasteiger partial charge in [0, 0.05) is 12.4 Å². The van der Waals surface area contributed by atoms with Gasteiger partial charge in [-0.1, -0.05) is 48.5 Å². The van der Waals surface area contributed by atoms with Crippen LogP contribution in [0.15, 0.2) is 48.5 Å². The quantitative estimate of drug-likeness (QED) is 0.837. The van der Waals surface area contributed by atoms with Crippen LogP contribution in [0.4, 0.5) is 0 Å². The van der Waals surface area contributed by atoms with E-state index in [4.69, 9.17) is 11.6 Å². The first-order valence-corrected chi connectivity index (χ1v) is 7.17. The third-order valence-corrected chi connectivity index (χ3v) is 3.56. The molecule has 0 heterocycles. The summed E-state index contributed by atoms with van der Waals surface area (Å²) in [5.41, 5.74) is 4.35. The first-order valence-electron chi connectivity index (χ1n) is 6.64. The fourth-order valence-electron chi connectivity index (χ4n) is 2.07. The Hall–Kier alpha value is -1.80. The van der Waals surface area contributed by atoms with Crippen molar-refractivity contribution in [3.8, 4) is 0 Å². The highest BCUT2D eigenvalue weighted by atomic mass is 35.5. The smallest absolute Gasteiger partial charge is 0.224 e. The number of carbonyl (C=O) groups is 1. The van der Waals surface area contributed by atoms with Crippen molar-refractivity contribution in [2.24, 2.45) is 0 Å². The second kappa shape index (κ2) is 7.11. The molecule has 2 rings (SSSR count). The van der Waals surface area contributed by atoms with Crippen LogP contribution in [0, 0.1) is 6.92 Å². The number of carbonyl (C=O) groups excluding carboxylic acids is 1. The van der Waals surface area contributed by atoms with Crippen LogP contribution in [0.25, 0.3) is 0 Å². The maximum atomic E-state index is 12.0. The average Bonchev–Trinajstić information content (AvgIpc) is 2.48. The Labute approximate surface area is 124 Å². The molecular weight excluding hydrogens is 270 g/mol. The van der Waals surface area contributed by atoms with Crippen LogP contribution in [0.5, 0.6) is 0 Å². The molecule has 0 unspecified atom stereocenters. The summed E-state index contributed by atoms with van der Waals surface area (Å²) in [7, 11) is 0. The second-order valence-electron chi connectivity index (χ2n) is 4.83. The van der Waals surface area contributed by atoms with Crippen molar-refractivity contribution < 1.29 is 4.79 Å². The van der Waals surface area contributed by atoms with E-state index < -0.39 is 0 Å². The van der Waals surface area contributed by atoms with E-state index in [2.05, 4.69) is 5.32 Å². The number of benzene rings is 2. The lowest BCUT2D eigenvalue weighted by molar-refractivity contribution is -0.120. The molecule has 0 aliphatic carbocycles. The van der Waals surface area contributed by atoms with E-state index in [0.717, 1.165) is 22.3 Å². The van der Waals surface area contributed by atoms with Crippen molar-refractivity contribution in [1.82, 2.24) is 5.32 Å². The molecule has 20 heavy (non-hydrogen) atoms. The average molecular weight is 288 g/mol. The largest absolute Gasteiger partial charge is 0.352 e. The summed E-state index contributed by atoms with van der Waals surface area (Å²) in [5.74, 6) is 0.529. The van der Waals surface area contributed by atoms with Crippen LogP contribution in [0.3, 0.4) is 0 Å². The minimum atomic E-state index is 0.0376. The fraction of sp³-hybridized carbons (Fsp3) is 0.235. The van der Waals surface area contributed by atoms with Crippen LogP contribution in [-0.4, -0.2) is 5.91 Å². The zero-order valence-corrected chi connectivity index (χ0v) is 12.3. The Balaban J connectivity index is 1.90. The van der Waals surface area contributed by atoms with Gasteiger partial charge in [-0.3, -0.25) is 4.79 Å². The number of hydrogen-bond donors (Lipinski definition) is 1. The summed E-state index contributed by atoms with van der Waals surface area (Å²) in [5, 5.41) is 2.94. The molecule has 1 N–H and O–H groups in total. The second-order valence-corrected chi connectivity index (χ2v) is 5.10. The van der Waals surface area contributed by atoms with E-state index >= 15 is 0 Å². The minimum Gasteiger partial charge on any atom is -0.352 e. The number of nitrogens with one attached hydrogen (secondary N) is 1. The van der Waals surface area contributed by atoms with Gasteiger partial charge < -0.3 is 5.32 Å². The molecule has 0 bridgehead atoms. The molecule has 2 aromatic carbocycles.